The molecule has 5 heteroatoms. The van der Waals surface area contributed by atoms with Crippen LogP contribution in [0.4, 0.5) is 4.39 Å². The highest BCUT2D eigenvalue weighted by Gasteiger charge is 2.26. The van der Waals surface area contributed by atoms with E-state index in [0.717, 1.165) is 48.2 Å². The van der Waals surface area contributed by atoms with Crippen molar-refractivity contribution in [1.82, 2.24) is 0 Å². The second-order valence-corrected chi connectivity index (χ2v) is 7.09. The largest absolute Gasteiger partial charge is 0.507 e. The number of halogens is 1. The molecule has 0 spiro atoms. The number of phenols is 1. The molecule has 1 aliphatic rings. The van der Waals surface area contributed by atoms with E-state index >= 15 is 0 Å². The molecule has 1 heterocycles. The smallest absolute Gasteiger partial charge is 0.133 e. The first-order chi connectivity index (χ1) is 13.7. The van der Waals surface area contributed by atoms with Crippen LogP contribution in [0.1, 0.15) is 17.2 Å². The van der Waals surface area contributed by atoms with Gasteiger partial charge in [0.05, 0.1) is 19.8 Å². The Kier molecular flexibility index (Phi) is 5.65. The van der Waals surface area contributed by atoms with Gasteiger partial charge in [-0.15, -0.1) is 0 Å². The van der Waals surface area contributed by atoms with Gasteiger partial charge < -0.3 is 14.7 Å². The molecule has 1 fully saturated rings. The lowest BCUT2D eigenvalue weighted by molar-refractivity contribution is -0.937. The third-order valence-electron chi connectivity index (χ3n) is 5.36. The first-order valence-corrected chi connectivity index (χ1v) is 9.61. The number of nitrogens with one attached hydrogen (secondary N) is 1. The minimum Gasteiger partial charge on any atom is -0.507 e. The molecule has 3 aromatic carbocycles. The van der Waals surface area contributed by atoms with Gasteiger partial charge in [0.25, 0.3) is 0 Å². The number of rotatable bonds is 5. The number of aliphatic imine (C=N–C) groups is 1. The molecule has 0 radical (unpaired) electrons. The van der Waals surface area contributed by atoms with Gasteiger partial charge in [-0.25, -0.2) is 4.39 Å². The zero-order valence-electron chi connectivity index (χ0n) is 15.6. The highest BCUT2D eigenvalue weighted by molar-refractivity contribution is 6.02. The summed E-state index contributed by atoms with van der Waals surface area (Å²) in [7, 11) is 0. The van der Waals surface area contributed by atoms with E-state index in [2.05, 4.69) is 4.99 Å². The van der Waals surface area contributed by atoms with Crippen LogP contribution >= 0.6 is 0 Å². The van der Waals surface area contributed by atoms with Gasteiger partial charge in [-0.05, 0) is 29.0 Å². The molecule has 0 amide bonds. The molecule has 4 nitrogen and oxygen atoms in total. The molecule has 0 saturated carbocycles. The van der Waals surface area contributed by atoms with Gasteiger partial charge >= 0.3 is 0 Å². The lowest BCUT2D eigenvalue weighted by Gasteiger charge is -2.31. The molecule has 4 rings (SSSR count). The molecule has 28 heavy (non-hydrogen) atoms. The summed E-state index contributed by atoms with van der Waals surface area (Å²) in [6.45, 7) is 3.81. The van der Waals surface area contributed by atoms with Crippen molar-refractivity contribution in [2.75, 3.05) is 32.8 Å². The molecule has 1 aliphatic heterocycles. The minimum absolute atomic E-state index is 0.123. The second kappa shape index (κ2) is 8.50. The van der Waals surface area contributed by atoms with E-state index in [9.17, 15) is 9.50 Å². The average molecular weight is 379 g/mol. The third-order valence-corrected chi connectivity index (χ3v) is 5.36. The molecular weight excluding hydrogens is 355 g/mol. The highest BCUT2D eigenvalue weighted by atomic mass is 19.1. The number of hydrogen-bond acceptors (Lipinski definition) is 3. The number of ether oxygens (including phenoxy) is 1. The molecule has 1 atom stereocenters. The number of hydrogen-bond donors (Lipinski definition) is 2. The van der Waals surface area contributed by atoms with Crippen LogP contribution in [-0.2, 0) is 4.74 Å². The van der Waals surface area contributed by atoms with E-state index in [4.69, 9.17) is 4.74 Å². The fraction of sp³-hybridized carbons (Fsp3) is 0.261. The van der Waals surface area contributed by atoms with Gasteiger partial charge in [0.2, 0.25) is 0 Å². The Morgan fingerprint density at radius 1 is 1.04 bits per heavy atom. The first-order valence-electron chi connectivity index (χ1n) is 9.61. The number of morpholine rings is 1. The number of quaternary nitrogens is 1. The van der Waals surface area contributed by atoms with Crippen molar-refractivity contribution in [3.8, 4) is 5.75 Å². The van der Waals surface area contributed by atoms with Crippen LogP contribution in [0.2, 0.25) is 0 Å². The summed E-state index contributed by atoms with van der Waals surface area (Å²) in [5, 5.41) is 12.4. The van der Waals surface area contributed by atoms with E-state index < -0.39 is 0 Å². The molecule has 0 bridgehead atoms. The summed E-state index contributed by atoms with van der Waals surface area (Å²) < 4.78 is 18.9. The zero-order chi connectivity index (χ0) is 19.3. The van der Waals surface area contributed by atoms with Crippen molar-refractivity contribution in [2.45, 2.75) is 6.04 Å². The Balaban J connectivity index is 1.61. The lowest BCUT2D eigenvalue weighted by atomic mass is 10.0. The molecule has 0 aromatic heterocycles. The van der Waals surface area contributed by atoms with E-state index in [-0.39, 0.29) is 17.6 Å². The Hall–Kier alpha value is -2.76. The number of phenolic OH excluding ortho intramolecular Hbond substituents is 1. The SMILES string of the molecule is Oc1ccc2ccccc2c1C=NC[C@@H](c1ccc(F)cc1)[NH+]1CCOCC1. The van der Waals surface area contributed by atoms with E-state index in [1.807, 2.05) is 42.5 Å². The maximum absolute atomic E-state index is 13.4. The summed E-state index contributed by atoms with van der Waals surface area (Å²) in [5.74, 6) is -0.0110. The maximum Gasteiger partial charge on any atom is 0.133 e. The van der Waals surface area contributed by atoms with Crippen LogP contribution in [-0.4, -0.2) is 44.2 Å². The fourth-order valence-electron chi connectivity index (χ4n) is 3.82. The molecule has 0 unspecified atom stereocenters. The van der Waals surface area contributed by atoms with Crippen LogP contribution in [0.5, 0.6) is 5.75 Å². The lowest BCUT2D eigenvalue weighted by Crippen LogP contribution is -3.14. The molecular formula is C23H24FN2O2+. The van der Waals surface area contributed by atoms with Gasteiger partial charge in [0.15, 0.2) is 0 Å². The monoisotopic (exact) mass is 379 g/mol. The standard InChI is InChI=1S/C23H23FN2O2/c24-19-8-5-18(6-9-19)22(26-11-13-28-14-12-26)16-25-15-21-20-4-2-1-3-17(20)7-10-23(21)27/h1-10,15,22,27H,11-14,16H2/p+1/t22-/m0/s1. The van der Waals surface area contributed by atoms with E-state index in [0.29, 0.717) is 6.54 Å². The second-order valence-electron chi connectivity index (χ2n) is 7.09. The fourth-order valence-corrected chi connectivity index (χ4v) is 3.82. The number of nitrogens with zero attached hydrogens (tertiary/aromatic N) is 1. The van der Waals surface area contributed by atoms with E-state index in [1.165, 1.54) is 17.0 Å². The minimum atomic E-state index is -0.233. The van der Waals surface area contributed by atoms with E-state index in [1.54, 1.807) is 12.3 Å². The third kappa shape index (κ3) is 4.06. The Labute approximate surface area is 163 Å². The van der Waals surface area contributed by atoms with Gasteiger partial charge in [-0.2, -0.15) is 0 Å². The molecule has 3 aromatic rings. The number of benzene rings is 3. The molecule has 144 valence electrons. The van der Waals surface area contributed by atoms with Crippen LogP contribution < -0.4 is 4.90 Å². The van der Waals surface area contributed by atoms with Crippen LogP contribution in [0.15, 0.2) is 65.7 Å². The van der Waals surface area contributed by atoms with Crippen LogP contribution in [0.3, 0.4) is 0 Å². The average Bonchev–Trinajstić information content (AvgIpc) is 2.74. The molecule has 0 aliphatic carbocycles. The summed E-state index contributed by atoms with van der Waals surface area (Å²) in [5.41, 5.74) is 1.80. The summed E-state index contributed by atoms with van der Waals surface area (Å²) in [6, 6.07) is 18.4. The van der Waals surface area contributed by atoms with Gasteiger partial charge in [-0.3, -0.25) is 4.99 Å². The van der Waals surface area contributed by atoms with Crippen molar-refractivity contribution >= 4 is 17.0 Å². The quantitative estimate of drug-likeness (QED) is 0.670. The van der Waals surface area contributed by atoms with Gasteiger partial charge in [0.1, 0.15) is 30.7 Å². The number of aromatic hydroxyl groups is 1. The Morgan fingerprint density at radius 2 is 1.79 bits per heavy atom. The van der Waals surface area contributed by atoms with Crippen molar-refractivity contribution in [1.29, 1.82) is 0 Å². The molecule has 1 saturated heterocycles. The predicted octanol–water partition coefficient (Wildman–Crippen LogP) is 2.76. The van der Waals surface area contributed by atoms with Crippen molar-refractivity contribution < 1.29 is 19.1 Å². The van der Waals surface area contributed by atoms with Crippen molar-refractivity contribution in [3.63, 3.8) is 0 Å². The maximum atomic E-state index is 13.4. The van der Waals surface area contributed by atoms with Crippen molar-refractivity contribution in [2.24, 2.45) is 4.99 Å². The zero-order valence-corrected chi connectivity index (χ0v) is 15.6. The molecule has 2 N–H and O–H groups in total. The summed E-state index contributed by atoms with van der Waals surface area (Å²) in [6.07, 6.45) is 1.76. The topological polar surface area (TPSA) is 46.3 Å². The van der Waals surface area contributed by atoms with Crippen molar-refractivity contribution in [3.05, 3.63) is 77.6 Å². The Morgan fingerprint density at radius 3 is 2.57 bits per heavy atom. The predicted molar refractivity (Wildman–Crippen MR) is 109 cm³/mol. The summed E-state index contributed by atoms with van der Waals surface area (Å²) >= 11 is 0. The van der Waals surface area contributed by atoms with Crippen LogP contribution in [0, 0.1) is 5.82 Å². The number of fused-ring (bicyclic) bond motifs is 1. The highest BCUT2D eigenvalue weighted by Crippen LogP contribution is 2.25. The Bertz CT molecular complexity index is 966. The van der Waals surface area contributed by atoms with Gasteiger partial charge in [0, 0.05) is 17.3 Å². The van der Waals surface area contributed by atoms with Crippen LogP contribution in [0.25, 0.3) is 10.8 Å². The summed E-state index contributed by atoms with van der Waals surface area (Å²) in [4.78, 5) is 6.07. The normalized spacial score (nSPS) is 16.6. The van der Waals surface area contributed by atoms with Gasteiger partial charge in [-0.1, -0.05) is 42.5 Å². The first kappa shape index (κ1) is 18.6.